The molecule has 126 valence electrons. The highest BCUT2D eigenvalue weighted by Crippen LogP contribution is 2.26. The minimum Gasteiger partial charge on any atom is -0.393 e. The molecule has 8 heteroatoms. The monoisotopic (exact) mass is 380 g/mol. The Bertz CT molecular complexity index is 855. The number of thioether (sulfide) groups is 1. The van der Waals surface area contributed by atoms with Gasteiger partial charge in [-0.15, -0.1) is 11.8 Å². The lowest BCUT2D eigenvalue weighted by molar-refractivity contribution is 0.0861. The molecular formula is C16H17ClN4OS2. The average Bonchev–Trinajstić information content (AvgIpc) is 3.13. The maximum Gasteiger partial charge on any atom is 0.212 e. The minimum absolute atomic E-state index is 0.0306. The molecule has 0 amide bonds. The lowest BCUT2D eigenvalue weighted by atomic mass is 10.3. The molecule has 1 aromatic carbocycles. The number of hydrogen-bond donors (Lipinski definition) is 0. The Balaban J connectivity index is 1.85. The van der Waals surface area contributed by atoms with Gasteiger partial charge in [-0.25, -0.2) is 9.50 Å². The van der Waals surface area contributed by atoms with E-state index in [2.05, 4.69) is 15.2 Å². The van der Waals surface area contributed by atoms with Crippen LogP contribution in [-0.4, -0.2) is 32.2 Å². The van der Waals surface area contributed by atoms with E-state index in [1.54, 1.807) is 29.4 Å². The van der Waals surface area contributed by atoms with Crippen molar-refractivity contribution in [2.75, 3.05) is 5.75 Å². The molecule has 24 heavy (non-hydrogen) atoms. The number of hydrogen-bond acceptors (Lipinski definition) is 6. The number of fused-ring (bicyclic) bond motifs is 1. The van der Waals surface area contributed by atoms with Gasteiger partial charge in [0.15, 0.2) is 0 Å². The molecule has 2 heterocycles. The first-order chi connectivity index (χ1) is 11.5. The van der Waals surface area contributed by atoms with Crippen molar-refractivity contribution < 1.29 is 4.84 Å². The van der Waals surface area contributed by atoms with Crippen molar-refractivity contribution in [3.63, 3.8) is 0 Å². The van der Waals surface area contributed by atoms with Crippen molar-refractivity contribution >= 4 is 45.4 Å². The van der Waals surface area contributed by atoms with E-state index >= 15 is 0 Å². The van der Waals surface area contributed by atoms with Crippen LogP contribution in [0.4, 0.5) is 0 Å². The van der Waals surface area contributed by atoms with Crippen molar-refractivity contribution in [2.45, 2.75) is 31.8 Å². The Morgan fingerprint density at radius 2 is 2.12 bits per heavy atom. The molecule has 0 bridgehead atoms. The van der Waals surface area contributed by atoms with E-state index < -0.39 is 0 Å². The van der Waals surface area contributed by atoms with Crippen LogP contribution in [-0.2, 0) is 4.84 Å². The summed E-state index contributed by atoms with van der Waals surface area (Å²) in [4.78, 5) is 12.8. The van der Waals surface area contributed by atoms with Crippen molar-refractivity contribution in [3.8, 4) is 0 Å². The van der Waals surface area contributed by atoms with Crippen LogP contribution in [0.2, 0.25) is 5.02 Å². The van der Waals surface area contributed by atoms with Crippen LogP contribution in [0.25, 0.3) is 4.96 Å². The van der Waals surface area contributed by atoms with Gasteiger partial charge in [-0.1, -0.05) is 28.1 Å². The summed E-state index contributed by atoms with van der Waals surface area (Å²) in [6, 6.07) is 7.78. The first kappa shape index (κ1) is 17.3. The number of rotatable bonds is 6. The topological polar surface area (TPSA) is 51.8 Å². The fraction of sp³-hybridized carbons (Fsp3) is 0.312. The molecule has 0 N–H and O–H groups in total. The molecule has 0 unspecified atom stereocenters. The molecule has 0 radical (unpaired) electrons. The van der Waals surface area contributed by atoms with E-state index in [4.69, 9.17) is 16.4 Å². The summed E-state index contributed by atoms with van der Waals surface area (Å²) in [5.41, 5.74) is 1.91. The molecule has 0 aliphatic heterocycles. The van der Waals surface area contributed by atoms with Crippen LogP contribution >= 0.6 is 34.7 Å². The average molecular weight is 381 g/mol. The highest BCUT2D eigenvalue weighted by atomic mass is 35.5. The summed E-state index contributed by atoms with van der Waals surface area (Å²) in [5.74, 6) is 0.693. The first-order valence-electron chi connectivity index (χ1n) is 7.45. The number of benzene rings is 1. The second-order valence-electron chi connectivity index (χ2n) is 5.41. The zero-order valence-electron chi connectivity index (χ0n) is 13.6. The first-order valence-corrected chi connectivity index (χ1v) is 9.63. The summed E-state index contributed by atoms with van der Waals surface area (Å²) in [5, 5.41) is 9.35. The van der Waals surface area contributed by atoms with E-state index in [0.717, 1.165) is 31.2 Å². The van der Waals surface area contributed by atoms with Gasteiger partial charge >= 0.3 is 0 Å². The molecule has 0 spiro atoms. The van der Waals surface area contributed by atoms with Crippen LogP contribution < -0.4 is 0 Å². The molecule has 0 aliphatic rings. The van der Waals surface area contributed by atoms with Gasteiger partial charge in [0, 0.05) is 15.7 Å². The number of aryl methyl sites for hydroxylation is 1. The van der Waals surface area contributed by atoms with E-state index in [9.17, 15) is 0 Å². The number of aromatic nitrogens is 3. The predicted molar refractivity (Wildman–Crippen MR) is 101 cm³/mol. The molecule has 2 aromatic heterocycles. The maximum atomic E-state index is 5.94. The molecule has 0 saturated heterocycles. The lowest BCUT2D eigenvalue weighted by Crippen LogP contribution is -2.08. The third-order valence-corrected chi connectivity index (χ3v) is 5.65. The normalized spacial score (nSPS) is 12.3. The molecule has 0 atom stereocenters. The number of halogens is 1. The number of oxime groups is 1. The summed E-state index contributed by atoms with van der Waals surface area (Å²) in [6.45, 7) is 5.94. The van der Waals surface area contributed by atoms with Crippen LogP contribution in [0, 0.1) is 6.92 Å². The van der Waals surface area contributed by atoms with E-state index in [1.807, 2.05) is 49.6 Å². The molecule has 0 aliphatic carbocycles. The highest BCUT2D eigenvalue weighted by Gasteiger charge is 2.17. The van der Waals surface area contributed by atoms with Crippen molar-refractivity contribution in [1.82, 2.24) is 14.6 Å². The molecule has 0 saturated carbocycles. The zero-order chi connectivity index (χ0) is 17.1. The van der Waals surface area contributed by atoms with Crippen molar-refractivity contribution in [3.05, 3.63) is 46.2 Å². The minimum atomic E-state index is 0.0306. The molecule has 5 nitrogen and oxygen atoms in total. The van der Waals surface area contributed by atoms with Gasteiger partial charge in [0.2, 0.25) is 4.96 Å². The van der Waals surface area contributed by atoms with Gasteiger partial charge in [-0.05, 0) is 45.0 Å². The van der Waals surface area contributed by atoms with E-state index in [0.29, 0.717) is 5.75 Å². The quantitative estimate of drug-likeness (QED) is 0.354. The van der Waals surface area contributed by atoms with Crippen LogP contribution in [0.1, 0.15) is 24.4 Å². The SMILES string of the molecule is Cc1c(/C(CSc2ccc(Cl)cc2)=N\OC(C)C)sc2ncnn12. The Morgan fingerprint density at radius 1 is 1.38 bits per heavy atom. The maximum absolute atomic E-state index is 5.94. The smallest absolute Gasteiger partial charge is 0.212 e. The largest absolute Gasteiger partial charge is 0.393 e. The molecule has 3 aromatic rings. The fourth-order valence-corrected chi connectivity index (χ4v) is 4.11. The molecule has 3 rings (SSSR count). The summed E-state index contributed by atoms with van der Waals surface area (Å²) in [6.07, 6.45) is 1.59. The zero-order valence-corrected chi connectivity index (χ0v) is 16.0. The van der Waals surface area contributed by atoms with Crippen molar-refractivity contribution in [1.29, 1.82) is 0 Å². The predicted octanol–water partition coefficient (Wildman–Crippen LogP) is 4.67. The lowest BCUT2D eigenvalue weighted by Gasteiger charge is -2.08. The summed E-state index contributed by atoms with van der Waals surface area (Å²) in [7, 11) is 0. The van der Waals surface area contributed by atoms with E-state index in [1.165, 1.54) is 0 Å². The third kappa shape index (κ3) is 3.91. The summed E-state index contributed by atoms with van der Waals surface area (Å²) < 4.78 is 1.83. The fourth-order valence-electron chi connectivity index (χ4n) is 2.04. The second kappa shape index (κ2) is 7.55. The Hall–Kier alpha value is -1.57. The van der Waals surface area contributed by atoms with E-state index in [-0.39, 0.29) is 6.10 Å². The second-order valence-corrected chi connectivity index (χ2v) is 7.87. The Morgan fingerprint density at radius 3 is 2.79 bits per heavy atom. The Labute approximate surface area is 153 Å². The molecular weight excluding hydrogens is 364 g/mol. The summed E-state index contributed by atoms with van der Waals surface area (Å²) >= 11 is 9.20. The van der Waals surface area contributed by atoms with Crippen molar-refractivity contribution in [2.24, 2.45) is 5.16 Å². The van der Waals surface area contributed by atoms with Crippen LogP contribution in [0.5, 0.6) is 0 Å². The van der Waals surface area contributed by atoms with Gasteiger partial charge in [0.25, 0.3) is 0 Å². The molecule has 0 fully saturated rings. The highest BCUT2D eigenvalue weighted by molar-refractivity contribution is 8.00. The van der Waals surface area contributed by atoms with Crippen LogP contribution in [0.3, 0.4) is 0 Å². The van der Waals surface area contributed by atoms with Gasteiger partial charge in [0.1, 0.15) is 18.1 Å². The van der Waals surface area contributed by atoms with Crippen LogP contribution in [0.15, 0.2) is 40.6 Å². The third-order valence-electron chi connectivity index (χ3n) is 3.18. The van der Waals surface area contributed by atoms with Gasteiger partial charge in [-0.2, -0.15) is 5.10 Å². The van der Waals surface area contributed by atoms with Gasteiger partial charge in [0.05, 0.1) is 10.6 Å². The van der Waals surface area contributed by atoms with Gasteiger partial charge < -0.3 is 4.84 Å². The van der Waals surface area contributed by atoms with Gasteiger partial charge in [-0.3, -0.25) is 0 Å². The number of thiazole rings is 1. The Kier molecular flexibility index (Phi) is 5.43. The number of nitrogens with zero attached hydrogens (tertiary/aromatic N) is 4. The standard InChI is InChI=1S/C16H17ClN4OS2/c1-10(2)22-20-14(8-23-13-6-4-12(17)5-7-13)15-11(3)21-16(24-15)18-9-19-21/h4-7,9-10H,8H2,1-3H3/b20-14-.